The fourth-order valence-electron chi connectivity index (χ4n) is 4.08. The zero-order valence-electron chi connectivity index (χ0n) is 18.4. The van der Waals surface area contributed by atoms with Gasteiger partial charge >= 0.3 is 0 Å². The molecule has 1 aliphatic rings. The summed E-state index contributed by atoms with van der Waals surface area (Å²) in [5, 5.41) is 4.09. The highest BCUT2D eigenvalue weighted by Gasteiger charge is 2.29. The number of nitrogens with one attached hydrogen (secondary N) is 1. The first-order chi connectivity index (χ1) is 14.8. The maximum Gasteiger partial charge on any atom is 0.242 e. The molecule has 31 heavy (non-hydrogen) atoms. The van der Waals surface area contributed by atoms with Gasteiger partial charge in [0.15, 0.2) is 0 Å². The molecule has 0 heterocycles. The number of hydrogen-bond donors (Lipinski definition) is 1. The zero-order valence-corrected chi connectivity index (χ0v) is 19.9. The van der Waals surface area contributed by atoms with Crippen molar-refractivity contribution in [2.45, 2.75) is 71.5 Å². The first kappa shape index (κ1) is 23.6. The van der Waals surface area contributed by atoms with Crippen LogP contribution in [0.3, 0.4) is 0 Å². The van der Waals surface area contributed by atoms with Crippen LogP contribution in [0.15, 0.2) is 36.4 Å². The van der Waals surface area contributed by atoms with Gasteiger partial charge in [-0.2, -0.15) is 0 Å². The van der Waals surface area contributed by atoms with Crippen LogP contribution in [0.25, 0.3) is 0 Å². The van der Waals surface area contributed by atoms with E-state index in [4.69, 9.17) is 23.2 Å². The quantitative estimate of drug-likeness (QED) is 0.581. The highest BCUT2D eigenvalue weighted by atomic mass is 35.5. The molecule has 1 atom stereocenters. The molecule has 0 bridgehead atoms. The van der Waals surface area contributed by atoms with Crippen LogP contribution in [0.5, 0.6) is 0 Å². The predicted octanol–water partition coefficient (Wildman–Crippen LogP) is 5.63. The molecule has 0 unspecified atom stereocenters. The Hall–Kier alpha value is -2.04. The Morgan fingerprint density at radius 1 is 1.10 bits per heavy atom. The minimum absolute atomic E-state index is 0.126. The molecule has 0 aliphatic heterocycles. The molecule has 2 aromatic carbocycles. The van der Waals surface area contributed by atoms with Gasteiger partial charge in [-0.3, -0.25) is 9.59 Å². The number of rotatable bonds is 7. The summed E-state index contributed by atoms with van der Waals surface area (Å²) in [5.41, 5.74) is 3.77. The third-order valence-electron chi connectivity index (χ3n) is 6.11. The van der Waals surface area contributed by atoms with Gasteiger partial charge in [0.2, 0.25) is 11.8 Å². The van der Waals surface area contributed by atoms with Crippen LogP contribution in [0, 0.1) is 13.8 Å². The van der Waals surface area contributed by atoms with Crippen LogP contribution in [0.1, 0.15) is 54.9 Å². The van der Waals surface area contributed by atoms with Crippen LogP contribution in [0.2, 0.25) is 10.0 Å². The average Bonchev–Trinajstić information content (AvgIpc) is 3.23. The standard InChI is InChI=1S/C25H30Cl2N2O2/c1-16-11-12-17(2)19(13-16)14-24(30)29(15-21-22(26)9-6-10-23(21)27)18(3)25(31)28-20-7-4-5-8-20/h6,9-13,18,20H,4-5,7-8,14-15H2,1-3H3,(H,28,31)/t18-/m0/s1. The van der Waals surface area contributed by atoms with E-state index in [-0.39, 0.29) is 30.8 Å². The smallest absolute Gasteiger partial charge is 0.242 e. The lowest BCUT2D eigenvalue weighted by Crippen LogP contribution is -2.50. The predicted molar refractivity (Wildman–Crippen MR) is 126 cm³/mol. The van der Waals surface area contributed by atoms with Crippen LogP contribution < -0.4 is 5.32 Å². The van der Waals surface area contributed by atoms with Crippen molar-refractivity contribution in [2.75, 3.05) is 0 Å². The molecule has 1 N–H and O–H groups in total. The third kappa shape index (κ3) is 6.02. The van der Waals surface area contributed by atoms with Gasteiger partial charge in [0.05, 0.1) is 6.42 Å². The normalized spacial score (nSPS) is 15.0. The fourth-order valence-corrected chi connectivity index (χ4v) is 4.60. The topological polar surface area (TPSA) is 49.4 Å². The highest BCUT2D eigenvalue weighted by Crippen LogP contribution is 2.27. The van der Waals surface area contributed by atoms with Crippen molar-refractivity contribution in [1.29, 1.82) is 0 Å². The summed E-state index contributed by atoms with van der Waals surface area (Å²) in [6.45, 7) is 5.96. The Morgan fingerprint density at radius 3 is 2.39 bits per heavy atom. The molecule has 0 spiro atoms. The highest BCUT2D eigenvalue weighted by molar-refractivity contribution is 6.36. The van der Waals surface area contributed by atoms with Gasteiger partial charge in [-0.1, -0.05) is 65.9 Å². The molecule has 6 heteroatoms. The zero-order chi connectivity index (χ0) is 22.5. The molecule has 2 amide bonds. The van der Waals surface area contributed by atoms with E-state index < -0.39 is 6.04 Å². The lowest BCUT2D eigenvalue weighted by atomic mass is 10.0. The minimum Gasteiger partial charge on any atom is -0.352 e. The van der Waals surface area contributed by atoms with E-state index in [1.807, 2.05) is 32.0 Å². The Balaban J connectivity index is 1.86. The lowest BCUT2D eigenvalue weighted by Gasteiger charge is -2.30. The summed E-state index contributed by atoms with van der Waals surface area (Å²) in [6, 6.07) is 10.9. The van der Waals surface area contributed by atoms with Gasteiger partial charge in [0.1, 0.15) is 6.04 Å². The summed E-state index contributed by atoms with van der Waals surface area (Å²) >= 11 is 12.8. The van der Waals surface area contributed by atoms with Crippen molar-refractivity contribution >= 4 is 35.0 Å². The number of amides is 2. The van der Waals surface area contributed by atoms with Gasteiger partial charge in [0.25, 0.3) is 0 Å². The first-order valence-corrected chi connectivity index (χ1v) is 11.6. The number of carbonyl (C=O) groups is 2. The summed E-state index contributed by atoms with van der Waals surface area (Å²) in [7, 11) is 0. The van der Waals surface area contributed by atoms with E-state index >= 15 is 0 Å². The largest absolute Gasteiger partial charge is 0.352 e. The van der Waals surface area contributed by atoms with Crippen LogP contribution in [-0.2, 0) is 22.6 Å². The number of nitrogens with zero attached hydrogens (tertiary/aromatic N) is 1. The molecule has 0 aromatic heterocycles. The van der Waals surface area contributed by atoms with Gasteiger partial charge in [0, 0.05) is 28.2 Å². The third-order valence-corrected chi connectivity index (χ3v) is 6.81. The summed E-state index contributed by atoms with van der Waals surface area (Å²) < 4.78 is 0. The molecule has 1 fully saturated rings. The van der Waals surface area contributed by atoms with Crippen molar-refractivity contribution in [3.63, 3.8) is 0 Å². The minimum atomic E-state index is -0.634. The van der Waals surface area contributed by atoms with E-state index in [2.05, 4.69) is 5.32 Å². The number of benzene rings is 2. The lowest BCUT2D eigenvalue weighted by molar-refractivity contribution is -0.140. The van der Waals surface area contributed by atoms with Crippen LogP contribution in [-0.4, -0.2) is 28.8 Å². The Labute approximate surface area is 194 Å². The van der Waals surface area contributed by atoms with Crippen LogP contribution >= 0.6 is 23.2 Å². The number of aryl methyl sites for hydroxylation is 2. The molecule has 0 radical (unpaired) electrons. The van der Waals surface area contributed by atoms with Crippen LogP contribution in [0.4, 0.5) is 0 Å². The Kier molecular flexibility index (Phi) is 8.01. The van der Waals surface area contributed by atoms with E-state index in [1.165, 1.54) is 0 Å². The van der Waals surface area contributed by atoms with Crippen molar-refractivity contribution in [2.24, 2.45) is 0 Å². The van der Waals surface area contributed by atoms with Gasteiger partial charge in [-0.25, -0.2) is 0 Å². The molecular weight excluding hydrogens is 431 g/mol. The van der Waals surface area contributed by atoms with E-state index in [1.54, 1.807) is 30.0 Å². The van der Waals surface area contributed by atoms with Crippen molar-refractivity contribution in [3.05, 3.63) is 68.7 Å². The van der Waals surface area contributed by atoms with E-state index in [0.717, 1.165) is 42.4 Å². The van der Waals surface area contributed by atoms with Gasteiger partial charge in [-0.15, -0.1) is 0 Å². The average molecular weight is 461 g/mol. The monoisotopic (exact) mass is 460 g/mol. The number of hydrogen-bond acceptors (Lipinski definition) is 2. The second-order valence-corrected chi connectivity index (χ2v) is 9.31. The van der Waals surface area contributed by atoms with E-state index in [0.29, 0.717) is 15.6 Å². The van der Waals surface area contributed by atoms with Crippen molar-refractivity contribution in [3.8, 4) is 0 Å². The Bertz CT molecular complexity index is 934. The molecule has 1 saturated carbocycles. The fraction of sp³-hybridized carbons (Fsp3) is 0.440. The summed E-state index contributed by atoms with van der Waals surface area (Å²) in [5.74, 6) is -0.261. The van der Waals surface area contributed by atoms with Crippen molar-refractivity contribution in [1.82, 2.24) is 10.2 Å². The second kappa shape index (κ2) is 10.5. The number of carbonyl (C=O) groups excluding carboxylic acids is 2. The molecule has 4 nitrogen and oxygen atoms in total. The number of halogens is 2. The molecular formula is C25H30Cl2N2O2. The SMILES string of the molecule is Cc1ccc(C)c(CC(=O)N(Cc2c(Cl)cccc2Cl)[C@@H](C)C(=O)NC2CCCC2)c1. The van der Waals surface area contributed by atoms with E-state index in [9.17, 15) is 9.59 Å². The maximum absolute atomic E-state index is 13.4. The second-order valence-electron chi connectivity index (χ2n) is 8.49. The van der Waals surface area contributed by atoms with Gasteiger partial charge in [-0.05, 0) is 56.9 Å². The molecule has 166 valence electrons. The summed E-state index contributed by atoms with van der Waals surface area (Å²) in [6.07, 6.45) is 4.46. The molecule has 2 aromatic rings. The Morgan fingerprint density at radius 2 is 1.74 bits per heavy atom. The summed E-state index contributed by atoms with van der Waals surface area (Å²) in [4.78, 5) is 28.0. The van der Waals surface area contributed by atoms with Crippen molar-refractivity contribution < 1.29 is 9.59 Å². The molecule has 0 saturated heterocycles. The maximum atomic E-state index is 13.4. The van der Waals surface area contributed by atoms with Gasteiger partial charge < -0.3 is 10.2 Å². The molecule has 3 rings (SSSR count). The first-order valence-electron chi connectivity index (χ1n) is 10.8. The molecule has 1 aliphatic carbocycles.